The Bertz CT molecular complexity index is 493. The zero-order valence-electron chi connectivity index (χ0n) is 11.1. The smallest absolute Gasteiger partial charge is 0.412 e. The molecule has 0 atom stereocenters. The van der Waals surface area contributed by atoms with Gasteiger partial charge >= 0.3 is 6.09 Å². The van der Waals surface area contributed by atoms with E-state index in [1.54, 1.807) is 32.9 Å². The number of carbonyl (C=O) groups excluding carboxylic acids is 1. The lowest BCUT2D eigenvalue weighted by Crippen LogP contribution is -2.27. The van der Waals surface area contributed by atoms with Crippen molar-refractivity contribution < 1.29 is 24.1 Å². The van der Waals surface area contributed by atoms with Crippen LogP contribution in [-0.2, 0) is 11.3 Å². The molecule has 0 fully saturated rings. The molecule has 0 saturated heterocycles. The van der Waals surface area contributed by atoms with Gasteiger partial charge < -0.3 is 19.3 Å². The van der Waals surface area contributed by atoms with Crippen molar-refractivity contribution in [3.63, 3.8) is 0 Å². The second-order valence-electron chi connectivity index (χ2n) is 5.16. The Kier molecular flexibility index (Phi) is 3.53. The zero-order valence-corrected chi connectivity index (χ0v) is 11.1. The van der Waals surface area contributed by atoms with Crippen LogP contribution in [0.15, 0.2) is 12.1 Å². The highest BCUT2D eigenvalue weighted by molar-refractivity contribution is 5.88. The number of fused-ring (bicyclic) bond motifs is 1. The Balaban J connectivity index is 2.20. The van der Waals surface area contributed by atoms with Gasteiger partial charge in [-0.25, -0.2) is 4.79 Å². The lowest BCUT2D eigenvalue weighted by Gasteiger charge is -2.20. The molecule has 1 aromatic carbocycles. The standard InChI is InChI=1S/C13H17NO5/c1-13(2,3)19-12(16)14-9-4-8(6-15)5-10-11(9)18-7-17-10/h4-5,15H,6-7H2,1-3H3,(H,14,16). The molecule has 1 amide bonds. The van der Waals surface area contributed by atoms with Crippen LogP contribution in [0.3, 0.4) is 0 Å². The summed E-state index contributed by atoms with van der Waals surface area (Å²) in [5.74, 6) is 0.945. The maximum absolute atomic E-state index is 11.7. The highest BCUT2D eigenvalue weighted by Crippen LogP contribution is 2.40. The van der Waals surface area contributed by atoms with Crippen molar-refractivity contribution >= 4 is 11.8 Å². The van der Waals surface area contributed by atoms with E-state index in [9.17, 15) is 9.90 Å². The van der Waals surface area contributed by atoms with Gasteiger partial charge in [-0.15, -0.1) is 0 Å². The van der Waals surface area contributed by atoms with Crippen LogP contribution in [0.25, 0.3) is 0 Å². The fraction of sp³-hybridized carbons (Fsp3) is 0.462. The van der Waals surface area contributed by atoms with Crippen molar-refractivity contribution in [2.24, 2.45) is 0 Å². The average molecular weight is 267 g/mol. The number of aliphatic hydroxyl groups is 1. The van der Waals surface area contributed by atoms with Crippen molar-refractivity contribution in [3.8, 4) is 11.5 Å². The molecular formula is C13H17NO5. The normalized spacial score (nSPS) is 13.3. The number of benzene rings is 1. The summed E-state index contributed by atoms with van der Waals surface area (Å²) in [6.45, 7) is 5.27. The summed E-state index contributed by atoms with van der Waals surface area (Å²) < 4.78 is 15.7. The van der Waals surface area contributed by atoms with Crippen LogP contribution in [0.1, 0.15) is 26.3 Å². The summed E-state index contributed by atoms with van der Waals surface area (Å²) in [5.41, 5.74) is 0.461. The van der Waals surface area contributed by atoms with Gasteiger partial charge in [0.05, 0.1) is 12.3 Å². The predicted octanol–water partition coefficient (Wildman–Crippen LogP) is 2.25. The van der Waals surface area contributed by atoms with Gasteiger partial charge in [-0.05, 0) is 38.5 Å². The molecule has 0 radical (unpaired) electrons. The first-order valence-corrected chi connectivity index (χ1v) is 5.92. The largest absolute Gasteiger partial charge is 0.453 e. The lowest BCUT2D eigenvalue weighted by molar-refractivity contribution is 0.0635. The van der Waals surface area contributed by atoms with Gasteiger partial charge in [-0.2, -0.15) is 0 Å². The number of hydrogen-bond acceptors (Lipinski definition) is 5. The first kappa shape index (κ1) is 13.5. The van der Waals surface area contributed by atoms with Crippen molar-refractivity contribution in [2.75, 3.05) is 12.1 Å². The molecule has 1 aromatic rings. The lowest BCUT2D eigenvalue weighted by atomic mass is 10.2. The minimum absolute atomic E-state index is 0.0905. The molecule has 6 nitrogen and oxygen atoms in total. The Hall–Kier alpha value is -1.95. The van der Waals surface area contributed by atoms with Crippen molar-refractivity contribution in [1.82, 2.24) is 0 Å². The minimum Gasteiger partial charge on any atom is -0.453 e. The van der Waals surface area contributed by atoms with Crippen LogP contribution in [-0.4, -0.2) is 23.6 Å². The maximum Gasteiger partial charge on any atom is 0.412 e. The summed E-state index contributed by atoms with van der Waals surface area (Å²) >= 11 is 0. The van der Waals surface area contributed by atoms with E-state index in [0.717, 1.165) is 0 Å². The topological polar surface area (TPSA) is 77.0 Å². The summed E-state index contributed by atoms with van der Waals surface area (Å²) in [6.07, 6.45) is -0.583. The number of aliphatic hydroxyl groups excluding tert-OH is 1. The monoisotopic (exact) mass is 267 g/mol. The molecule has 1 heterocycles. The molecule has 6 heteroatoms. The number of hydrogen-bond donors (Lipinski definition) is 2. The fourth-order valence-corrected chi connectivity index (χ4v) is 1.66. The SMILES string of the molecule is CC(C)(C)OC(=O)Nc1cc(CO)cc2c1OCO2. The highest BCUT2D eigenvalue weighted by Gasteiger charge is 2.23. The molecule has 19 heavy (non-hydrogen) atoms. The van der Waals surface area contributed by atoms with Crippen molar-refractivity contribution in [3.05, 3.63) is 17.7 Å². The number of amides is 1. The quantitative estimate of drug-likeness (QED) is 0.859. The van der Waals surface area contributed by atoms with Gasteiger partial charge in [-0.3, -0.25) is 5.32 Å². The molecule has 0 unspecified atom stereocenters. The van der Waals surface area contributed by atoms with E-state index in [4.69, 9.17) is 14.2 Å². The van der Waals surface area contributed by atoms with Crippen LogP contribution in [0.4, 0.5) is 10.5 Å². The van der Waals surface area contributed by atoms with Crippen LogP contribution in [0, 0.1) is 0 Å². The molecule has 0 aromatic heterocycles. The molecule has 0 aliphatic carbocycles. The van der Waals surface area contributed by atoms with Gasteiger partial charge in [0, 0.05) is 0 Å². The molecule has 2 rings (SSSR count). The van der Waals surface area contributed by atoms with Gasteiger partial charge in [-0.1, -0.05) is 0 Å². The summed E-state index contributed by atoms with van der Waals surface area (Å²) in [7, 11) is 0. The van der Waals surface area contributed by atoms with Gasteiger partial charge in [0.1, 0.15) is 5.60 Å². The highest BCUT2D eigenvalue weighted by atomic mass is 16.7. The molecule has 2 N–H and O–H groups in total. The third-order valence-corrected chi connectivity index (χ3v) is 2.35. The molecule has 0 bridgehead atoms. The fourth-order valence-electron chi connectivity index (χ4n) is 1.66. The Morgan fingerprint density at radius 3 is 2.79 bits per heavy atom. The van der Waals surface area contributed by atoms with Crippen LogP contribution >= 0.6 is 0 Å². The Labute approximate surface area is 111 Å². The first-order chi connectivity index (χ1) is 8.89. The van der Waals surface area contributed by atoms with E-state index in [1.807, 2.05) is 0 Å². The van der Waals surface area contributed by atoms with Crippen LogP contribution < -0.4 is 14.8 Å². The minimum atomic E-state index is -0.584. The summed E-state index contributed by atoms with van der Waals surface area (Å²) in [4.78, 5) is 11.7. The second-order valence-corrected chi connectivity index (χ2v) is 5.16. The molecular weight excluding hydrogens is 250 g/mol. The van der Waals surface area contributed by atoms with E-state index in [-0.39, 0.29) is 13.4 Å². The van der Waals surface area contributed by atoms with Crippen molar-refractivity contribution in [1.29, 1.82) is 0 Å². The van der Waals surface area contributed by atoms with E-state index >= 15 is 0 Å². The molecule has 104 valence electrons. The Morgan fingerprint density at radius 1 is 1.42 bits per heavy atom. The van der Waals surface area contributed by atoms with Gasteiger partial charge in [0.25, 0.3) is 0 Å². The number of ether oxygens (including phenoxy) is 3. The van der Waals surface area contributed by atoms with Gasteiger partial charge in [0.15, 0.2) is 11.5 Å². The predicted molar refractivity (Wildman–Crippen MR) is 68.3 cm³/mol. The third-order valence-electron chi connectivity index (χ3n) is 2.35. The Morgan fingerprint density at radius 2 is 2.16 bits per heavy atom. The van der Waals surface area contributed by atoms with Crippen LogP contribution in [0.5, 0.6) is 11.5 Å². The molecule has 1 aliphatic rings. The molecule has 1 aliphatic heterocycles. The van der Waals surface area contributed by atoms with Crippen LogP contribution in [0.2, 0.25) is 0 Å². The number of nitrogens with one attached hydrogen (secondary N) is 1. The van der Waals surface area contributed by atoms with Crippen molar-refractivity contribution in [2.45, 2.75) is 33.0 Å². The van der Waals surface area contributed by atoms with E-state index in [2.05, 4.69) is 5.32 Å². The third kappa shape index (κ3) is 3.29. The second kappa shape index (κ2) is 4.97. The number of rotatable bonds is 2. The number of carbonyl (C=O) groups is 1. The first-order valence-electron chi connectivity index (χ1n) is 5.92. The number of anilines is 1. The zero-order chi connectivity index (χ0) is 14.0. The van der Waals surface area contributed by atoms with Gasteiger partial charge in [0.2, 0.25) is 6.79 Å². The average Bonchev–Trinajstić information content (AvgIpc) is 2.74. The maximum atomic E-state index is 11.7. The van der Waals surface area contributed by atoms with E-state index in [1.165, 1.54) is 0 Å². The molecule has 0 spiro atoms. The summed E-state index contributed by atoms with van der Waals surface area (Å²) in [6, 6.07) is 3.29. The van der Waals surface area contributed by atoms with E-state index in [0.29, 0.717) is 22.7 Å². The molecule has 0 saturated carbocycles. The van der Waals surface area contributed by atoms with E-state index < -0.39 is 11.7 Å². The summed E-state index contributed by atoms with van der Waals surface area (Å²) in [5, 5.41) is 11.8.